The van der Waals surface area contributed by atoms with E-state index in [-0.39, 0.29) is 24.2 Å². The summed E-state index contributed by atoms with van der Waals surface area (Å²) in [6.45, 7) is 0. The predicted octanol–water partition coefficient (Wildman–Crippen LogP) is 2.63. The molecule has 0 aliphatic heterocycles. The van der Waals surface area contributed by atoms with Gasteiger partial charge in [-0.15, -0.1) is 0 Å². The van der Waals surface area contributed by atoms with Crippen molar-refractivity contribution in [1.82, 2.24) is 0 Å². The molecule has 21 heavy (non-hydrogen) atoms. The van der Waals surface area contributed by atoms with E-state index in [1.165, 1.54) is 7.11 Å². The van der Waals surface area contributed by atoms with Crippen LogP contribution in [0.15, 0.2) is 35.6 Å². The number of carbonyl (C=O) groups excluding carboxylic acids is 1. The molecule has 1 unspecified atom stereocenters. The Balaban J connectivity index is 2.50. The van der Waals surface area contributed by atoms with Crippen LogP contribution in [-0.2, 0) is 14.9 Å². The molecule has 5 heteroatoms. The Morgan fingerprint density at radius 1 is 1.38 bits per heavy atom. The van der Waals surface area contributed by atoms with Crippen molar-refractivity contribution >= 4 is 5.97 Å². The average Bonchev–Trinajstić information content (AvgIpc) is 2.55. The van der Waals surface area contributed by atoms with Gasteiger partial charge in [-0.2, -0.15) is 5.26 Å². The van der Waals surface area contributed by atoms with E-state index in [0.29, 0.717) is 12.2 Å². The number of para-hydroxylation sites is 1. The minimum Gasteiger partial charge on any atom is -0.512 e. The van der Waals surface area contributed by atoms with Crippen molar-refractivity contribution < 1.29 is 19.4 Å². The van der Waals surface area contributed by atoms with Gasteiger partial charge < -0.3 is 14.6 Å². The van der Waals surface area contributed by atoms with Gasteiger partial charge in [0, 0.05) is 18.4 Å². The number of rotatable bonds is 3. The fourth-order valence-electron chi connectivity index (χ4n) is 2.71. The van der Waals surface area contributed by atoms with Crippen LogP contribution < -0.4 is 4.74 Å². The minimum absolute atomic E-state index is 0.00243. The van der Waals surface area contributed by atoms with Crippen molar-refractivity contribution in [3.05, 3.63) is 41.2 Å². The molecule has 0 bridgehead atoms. The first-order valence-electron chi connectivity index (χ1n) is 6.62. The fraction of sp³-hybridized carbons (Fsp3) is 0.375. The number of benzene rings is 1. The van der Waals surface area contributed by atoms with Crippen molar-refractivity contribution in [1.29, 1.82) is 5.26 Å². The van der Waals surface area contributed by atoms with E-state index < -0.39 is 11.4 Å². The maximum Gasteiger partial charge on any atom is 0.337 e. The first kappa shape index (κ1) is 14.9. The van der Waals surface area contributed by atoms with Crippen molar-refractivity contribution in [3.63, 3.8) is 0 Å². The lowest BCUT2D eigenvalue weighted by Gasteiger charge is -2.32. The van der Waals surface area contributed by atoms with Gasteiger partial charge in [0.2, 0.25) is 0 Å². The normalized spacial score (nSPS) is 21.6. The Bertz CT molecular complexity index is 629. The molecule has 0 amide bonds. The SMILES string of the molecule is COC(=O)C1=C(O)CCC(C#N)(c2ccccc2OC)C1. The first-order valence-corrected chi connectivity index (χ1v) is 6.62. The van der Waals surface area contributed by atoms with E-state index in [4.69, 9.17) is 9.47 Å². The van der Waals surface area contributed by atoms with Crippen LogP contribution in [0.1, 0.15) is 24.8 Å². The number of nitrogens with zero attached hydrogens (tertiary/aromatic N) is 1. The number of esters is 1. The summed E-state index contributed by atoms with van der Waals surface area (Å²) >= 11 is 0. The largest absolute Gasteiger partial charge is 0.512 e. The van der Waals surface area contributed by atoms with Gasteiger partial charge in [0.15, 0.2) is 0 Å². The second-order valence-electron chi connectivity index (χ2n) is 4.99. The molecule has 0 saturated carbocycles. The summed E-state index contributed by atoms with van der Waals surface area (Å²) in [5, 5.41) is 19.6. The summed E-state index contributed by atoms with van der Waals surface area (Å²) in [6.07, 6.45) is 0.800. The monoisotopic (exact) mass is 287 g/mol. The Labute approximate surface area is 123 Å². The molecule has 1 aliphatic carbocycles. The van der Waals surface area contributed by atoms with E-state index in [1.54, 1.807) is 13.2 Å². The zero-order valence-electron chi connectivity index (χ0n) is 12.0. The third-order valence-corrected chi connectivity index (χ3v) is 3.88. The molecule has 2 rings (SSSR count). The van der Waals surface area contributed by atoms with E-state index in [1.807, 2.05) is 18.2 Å². The standard InChI is InChI=1S/C16H17NO4/c1-20-14-6-4-3-5-12(14)16(10-17)8-7-13(18)11(9-16)15(19)21-2/h3-6,18H,7-9H2,1-2H3. The van der Waals surface area contributed by atoms with Crippen LogP contribution in [0.4, 0.5) is 0 Å². The molecule has 1 N–H and O–H groups in total. The molecule has 1 aromatic rings. The summed E-state index contributed by atoms with van der Waals surface area (Å²) in [4.78, 5) is 11.8. The van der Waals surface area contributed by atoms with Crippen LogP contribution in [0.2, 0.25) is 0 Å². The van der Waals surface area contributed by atoms with Crippen LogP contribution in [0.25, 0.3) is 0 Å². The molecule has 1 aromatic carbocycles. The number of nitriles is 1. The van der Waals surface area contributed by atoms with E-state index >= 15 is 0 Å². The molecule has 0 aromatic heterocycles. The Morgan fingerprint density at radius 3 is 2.71 bits per heavy atom. The lowest BCUT2D eigenvalue weighted by molar-refractivity contribution is -0.136. The maximum absolute atomic E-state index is 11.8. The van der Waals surface area contributed by atoms with Crippen LogP contribution in [0.5, 0.6) is 5.75 Å². The van der Waals surface area contributed by atoms with Gasteiger partial charge in [-0.3, -0.25) is 0 Å². The average molecular weight is 287 g/mol. The molecule has 0 saturated heterocycles. The second-order valence-corrected chi connectivity index (χ2v) is 4.99. The molecule has 1 aliphatic rings. The highest BCUT2D eigenvalue weighted by molar-refractivity contribution is 5.89. The zero-order valence-corrected chi connectivity index (χ0v) is 12.0. The van der Waals surface area contributed by atoms with E-state index in [9.17, 15) is 15.2 Å². The molecule has 1 atom stereocenters. The van der Waals surface area contributed by atoms with Gasteiger partial charge in [0.05, 0.1) is 31.3 Å². The molecule has 5 nitrogen and oxygen atoms in total. The lowest BCUT2D eigenvalue weighted by atomic mass is 9.69. The van der Waals surface area contributed by atoms with Crippen molar-refractivity contribution in [2.24, 2.45) is 0 Å². The van der Waals surface area contributed by atoms with Crippen molar-refractivity contribution in [3.8, 4) is 11.8 Å². The molecule has 0 radical (unpaired) electrons. The summed E-state index contributed by atoms with van der Waals surface area (Å²) < 4.78 is 10.0. The number of aliphatic hydroxyl groups excluding tert-OH is 1. The Kier molecular flexibility index (Phi) is 4.18. The first-order chi connectivity index (χ1) is 10.1. The summed E-state index contributed by atoms with van der Waals surface area (Å²) in [5.41, 5.74) is -0.0114. The molecule has 0 heterocycles. The Morgan fingerprint density at radius 2 is 2.10 bits per heavy atom. The van der Waals surface area contributed by atoms with Gasteiger partial charge in [-0.05, 0) is 12.5 Å². The highest BCUT2D eigenvalue weighted by atomic mass is 16.5. The number of hydrogen-bond acceptors (Lipinski definition) is 5. The fourth-order valence-corrected chi connectivity index (χ4v) is 2.71. The van der Waals surface area contributed by atoms with Crippen LogP contribution in [0.3, 0.4) is 0 Å². The smallest absolute Gasteiger partial charge is 0.337 e. The minimum atomic E-state index is -0.900. The topological polar surface area (TPSA) is 79.5 Å². The highest BCUT2D eigenvalue weighted by Crippen LogP contribution is 2.44. The lowest BCUT2D eigenvalue weighted by Crippen LogP contribution is -2.31. The second kappa shape index (κ2) is 5.88. The number of allylic oxidation sites excluding steroid dienone is 1. The van der Waals surface area contributed by atoms with Gasteiger partial charge in [-0.25, -0.2) is 4.79 Å². The van der Waals surface area contributed by atoms with Gasteiger partial charge in [-0.1, -0.05) is 18.2 Å². The zero-order chi connectivity index (χ0) is 15.5. The quantitative estimate of drug-likeness (QED) is 0.864. The van der Waals surface area contributed by atoms with Gasteiger partial charge in [0.1, 0.15) is 11.5 Å². The van der Waals surface area contributed by atoms with Gasteiger partial charge >= 0.3 is 5.97 Å². The number of ether oxygens (including phenoxy) is 2. The summed E-state index contributed by atoms with van der Waals surface area (Å²) in [6, 6.07) is 9.56. The summed E-state index contributed by atoms with van der Waals surface area (Å²) in [7, 11) is 2.80. The van der Waals surface area contributed by atoms with E-state index in [2.05, 4.69) is 6.07 Å². The van der Waals surface area contributed by atoms with Crippen LogP contribution >= 0.6 is 0 Å². The number of hydrogen-bond donors (Lipinski definition) is 1. The van der Waals surface area contributed by atoms with Crippen LogP contribution in [0, 0.1) is 11.3 Å². The number of aliphatic hydroxyl groups is 1. The molecular formula is C16H17NO4. The Hall–Kier alpha value is -2.48. The van der Waals surface area contributed by atoms with Crippen molar-refractivity contribution in [2.45, 2.75) is 24.7 Å². The van der Waals surface area contributed by atoms with E-state index in [0.717, 1.165) is 5.56 Å². The molecule has 0 spiro atoms. The highest BCUT2D eigenvalue weighted by Gasteiger charge is 2.41. The maximum atomic E-state index is 11.8. The third kappa shape index (κ3) is 2.57. The number of methoxy groups -OCH3 is 2. The van der Waals surface area contributed by atoms with Crippen molar-refractivity contribution in [2.75, 3.05) is 14.2 Å². The predicted molar refractivity (Wildman–Crippen MR) is 75.8 cm³/mol. The van der Waals surface area contributed by atoms with Crippen LogP contribution in [-0.4, -0.2) is 25.3 Å². The number of carbonyl (C=O) groups is 1. The third-order valence-electron chi connectivity index (χ3n) is 3.88. The van der Waals surface area contributed by atoms with Gasteiger partial charge in [0.25, 0.3) is 0 Å². The molecule has 0 fully saturated rings. The molecule has 110 valence electrons. The summed E-state index contributed by atoms with van der Waals surface area (Å²) in [5.74, 6) is 0.00833. The molecular weight excluding hydrogens is 270 g/mol.